The van der Waals surface area contributed by atoms with Gasteiger partial charge in [-0.3, -0.25) is 4.79 Å². The summed E-state index contributed by atoms with van der Waals surface area (Å²) in [6.45, 7) is 11.1. The van der Waals surface area contributed by atoms with Gasteiger partial charge in [-0.25, -0.2) is 9.59 Å². The number of ketones is 1. The van der Waals surface area contributed by atoms with Crippen molar-refractivity contribution in [2.75, 3.05) is 0 Å². The van der Waals surface area contributed by atoms with Crippen LogP contribution in [-0.2, 0) is 28.6 Å². The maximum absolute atomic E-state index is 12.6. The quantitative estimate of drug-likeness (QED) is 0.607. The summed E-state index contributed by atoms with van der Waals surface area (Å²) >= 11 is 0. The highest BCUT2D eigenvalue weighted by atomic mass is 16.6. The van der Waals surface area contributed by atoms with Crippen molar-refractivity contribution in [3.8, 4) is 0 Å². The van der Waals surface area contributed by atoms with E-state index in [9.17, 15) is 19.5 Å². The molecule has 25 heavy (non-hydrogen) atoms. The third-order valence-corrected chi connectivity index (χ3v) is 2.98. The normalized spacial score (nSPS) is 23.8. The molecule has 0 unspecified atom stereocenters. The number of esters is 2. The monoisotopic (exact) mass is 354 g/mol. The van der Waals surface area contributed by atoms with E-state index in [1.807, 2.05) is 0 Å². The zero-order valence-electron chi connectivity index (χ0n) is 15.7. The molecule has 0 aromatic rings. The number of carbonyl (C=O) groups is 3. The predicted molar refractivity (Wildman–Crippen MR) is 89.4 cm³/mol. The fourth-order valence-electron chi connectivity index (χ4n) is 2.02. The van der Waals surface area contributed by atoms with Crippen LogP contribution in [0.2, 0.25) is 0 Å². The maximum atomic E-state index is 12.6. The Morgan fingerprint density at radius 1 is 1.12 bits per heavy atom. The van der Waals surface area contributed by atoms with Gasteiger partial charge in [-0.1, -0.05) is 0 Å². The summed E-state index contributed by atoms with van der Waals surface area (Å²) in [5.74, 6) is -2.27. The SMILES string of the molecule is CC(=O)/C=C/C1=CO[C@H](C(=O)OC(C)(C)C)[C@]1(O)C(=O)OC(C)(C)C. The lowest BCUT2D eigenvalue weighted by molar-refractivity contribution is -0.192. The fraction of sp³-hybridized carbons (Fsp3) is 0.611. The molecule has 0 aliphatic carbocycles. The van der Waals surface area contributed by atoms with E-state index >= 15 is 0 Å². The van der Waals surface area contributed by atoms with Gasteiger partial charge in [-0.15, -0.1) is 0 Å². The molecule has 0 aromatic carbocycles. The van der Waals surface area contributed by atoms with E-state index in [1.54, 1.807) is 41.5 Å². The first kappa shape index (κ1) is 20.9. The molecule has 7 heteroatoms. The Labute approximate surface area is 147 Å². The lowest BCUT2D eigenvalue weighted by Gasteiger charge is -2.32. The molecule has 1 N–H and O–H groups in total. The summed E-state index contributed by atoms with van der Waals surface area (Å²) in [5.41, 5.74) is -4.22. The van der Waals surface area contributed by atoms with Crippen LogP contribution in [0.3, 0.4) is 0 Å². The molecule has 7 nitrogen and oxygen atoms in total. The summed E-state index contributed by atoms with van der Waals surface area (Å²) in [4.78, 5) is 36.2. The average Bonchev–Trinajstić information content (AvgIpc) is 2.70. The first-order valence-electron chi connectivity index (χ1n) is 7.90. The van der Waals surface area contributed by atoms with Crippen LogP contribution in [0.5, 0.6) is 0 Å². The first-order valence-corrected chi connectivity index (χ1v) is 7.90. The number of allylic oxidation sites excluding steroid dienone is 1. The molecule has 1 heterocycles. The standard InChI is InChI=1S/C18H26O7/c1-11(19)8-9-12-10-23-13(14(20)24-16(2,3)4)18(12,22)15(21)25-17(5,6)7/h8-10,13,22H,1-7H3/b9-8+/t13-,18+/m1/s1. The second kappa shape index (κ2) is 7.00. The topological polar surface area (TPSA) is 99.1 Å². The molecule has 0 radical (unpaired) electrons. The van der Waals surface area contributed by atoms with Crippen LogP contribution in [0, 0.1) is 0 Å². The molecule has 0 fully saturated rings. The van der Waals surface area contributed by atoms with E-state index in [0.717, 1.165) is 12.3 Å². The van der Waals surface area contributed by atoms with Gasteiger partial charge in [-0.2, -0.15) is 0 Å². The zero-order chi connectivity index (χ0) is 19.6. The highest BCUT2D eigenvalue weighted by molar-refractivity contribution is 5.95. The van der Waals surface area contributed by atoms with Crippen LogP contribution in [0.25, 0.3) is 0 Å². The maximum Gasteiger partial charge on any atom is 0.351 e. The Hall–Kier alpha value is -2.15. The van der Waals surface area contributed by atoms with E-state index in [1.165, 1.54) is 13.0 Å². The average molecular weight is 354 g/mol. The molecule has 2 atom stereocenters. The minimum Gasteiger partial charge on any atom is -0.482 e. The lowest BCUT2D eigenvalue weighted by atomic mass is 9.89. The third-order valence-electron chi connectivity index (χ3n) is 2.98. The van der Waals surface area contributed by atoms with Gasteiger partial charge >= 0.3 is 11.9 Å². The number of ether oxygens (including phenoxy) is 3. The molecule has 0 bridgehead atoms. The Balaban J connectivity index is 3.24. The molecule has 0 aromatic heterocycles. The van der Waals surface area contributed by atoms with Crippen molar-refractivity contribution in [3.63, 3.8) is 0 Å². The van der Waals surface area contributed by atoms with Gasteiger partial charge in [0, 0.05) is 5.57 Å². The Morgan fingerprint density at radius 2 is 1.64 bits per heavy atom. The molecule has 1 aliphatic heterocycles. The van der Waals surface area contributed by atoms with Crippen molar-refractivity contribution in [1.29, 1.82) is 0 Å². The first-order chi connectivity index (χ1) is 11.2. The van der Waals surface area contributed by atoms with Crippen LogP contribution < -0.4 is 0 Å². The van der Waals surface area contributed by atoms with Crippen molar-refractivity contribution < 1.29 is 33.7 Å². The predicted octanol–water partition coefficient (Wildman–Crippen LogP) is 1.83. The smallest absolute Gasteiger partial charge is 0.351 e. The number of hydrogen-bond donors (Lipinski definition) is 1. The summed E-state index contributed by atoms with van der Waals surface area (Å²) in [6.07, 6.45) is 1.80. The highest BCUT2D eigenvalue weighted by Crippen LogP contribution is 2.35. The van der Waals surface area contributed by atoms with Gasteiger partial charge in [0.25, 0.3) is 0 Å². The van der Waals surface area contributed by atoms with Crippen molar-refractivity contribution in [3.05, 3.63) is 24.0 Å². The number of carbonyl (C=O) groups excluding carboxylic acids is 3. The lowest BCUT2D eigenvalue weighted by Crippen LogP contribution is -2.55. The third kappa shape index (κ3) is 5.42. The summed E-state index contributed by atoms with van der Waals surface area (Å²) in [5, 5.41) is 11.0. The van der Waals surface area contributed by atoms with Gasteiger partial charge in [0.15, 0.2) is 5.78 Å². The fourth-order valence-corrected chi connectivity index (χ4v) is 2.02. The molecule has 0 amide bonds. The van der Waals surface area contributed by atoms with Crippen molar-refractivity contribution in [2.45, 2.75) is 71.4 Å². The van der Waals surface area contributed by atoms with E-state index in [0.29, 0.717) is 0 Å². The van der Waals surface area contributed by atoms with Crippen molar-refractivity contribution >= 4 is 17.7 Å². The van der Waals surface area contributed by atoms with E-state index < -0.39 is 34.8 Å². The molecule has 0 spiro atoms. The number of hydrogen-bond acceptors (Lipinski definition) is 7. The molecule has 140 valence electrons. The molecular formula is C18H26O7. The molecular weight excluding hydrogens is 328 g/mol. The molecule has 1 rings (SSSR count). The van der Waals surface area contributed by atoms with Crippen LogP contribution in [0.4, 0.5) is 0 Å². The summed E-state index contributed by atoms with van der Waals surface area (Å²) in [7, 11) is 0. The number of aliphatic hydroxyl groups is 1. The second-order valence-corrected chi connectivity index (χ2v) is 7.84. The number of rotatable bonds is 4. The van der Waals surface area contributed by atoms with E-state index in [-0.39, 0.29) is 11.4 Å². The summed E-state index contributed by atoms with van der Waals surface area (Å²) < 4.78 is 15.7. The van der Waals surface area contributed by atoms with Crippen molar-refractivity contribution in [2.24, 2.45) is 0 Å². The zero-order valence-corrected chi connectivity index (χ0v) is 15.7. The Kier molecular flexibility index (Phi) is 5.85. The molecule has 1 aliphatic rings. The van der Waals surface area contributed by atoms with Gasteiger partial charge in [-0.05, 0) is 60.6 Å². The Bertz CT molecular complexity index is 616. The molecule has 0 saturated carbocycles. The highest BCUT2D eigenvalue weighted by Gasteiger charge is 2.58. The second-order valence-electron chi connectivity index (χ2n) is 7.84. The van der Waals surface area contributed by atoms with E-state index in [2.05, 4.69) is 0 Å². The summed E-state index contributed by atoms with van der Waals surface area (Å²) in [6, 6.07) is 0. The largest absolute Gasteiger partial charge is 0.482 e. The Morgan fingerprint density at radius 3 is 2.08 bits per heavy atom. The van der Waals surface area contributed by atoms with Crippen LogP contribution in [0.15, 0.2) is 24.0 Å². The van der Waals surface area contributed by atoms with Crippen molar-refractivity contribution in [1.82, 2.24) is 0 Å². The molecule has 0 saturated heterocycles. The van der Waals surface area contributed by atoms with Gasteiger partial charge in [0.1, 0.15) is 11.2 Å². The van der Waals surface area contributed by atoms with E-state index in [4.69, 9.17) is 14.2 Å². The van der Waals surface area contributed by atoms with Gasteiger partial charge in [0.2, 0.25) is 11.7 Å². The minimum absolute atomic E-state index is 0.0622. The van der Waals surface area contributed by atoms with Gasteiger partial charge in [0.05, 0.1) is 6.26 Å². The van der Waals surface area contributed by atoms with Crippen LogP contribution in [-0.4, -0.2) is 45.7 Å². The van der Waals surface area contributed by atoms with Crippen LogP contribution in [0.1, 0.15) is 48.5 Å². The minimum atomic E-state index is -2.42. The van der Waals surface area contributed by atoms with Crippen LogP contribution >= 0.6 is 0 Å². The van der Waals surface area contributed by atoms with Gasteiger partial charge < -0.3 is 19.3 Å².